The van der Waals surface area contributed by atoms with Crippen LogP contribution in [0.4, 0.5) is 17.6 Å². The van der Waals surface area contributed by atoms with Crippen LogP contribution in [-0.4, -0.2) is 28.7 Å². The van der Waals surface area contributed by atoms with Crippen LogP contribution >= 0.6 is 22.7 Å². The number of nitrogens with zero attached hydrogens (tertiary/aromatic N) is 2. The van der Waals surface area contributed by atoms with Crippen molar-refractivity contribution in [3.8, 4) is 21.1 Å². The number of Topliss-reactive ketones (excluding diaryl/α,β-unsaturated/α-hetero) is 1. The van der Waals surface area contributed by atoms with E-state index in [1.807, 2.05) is 18.2 Å². The minimum atomic E-state index is -4.77. The number of thiazole rings is 2. The maximum atomic E-state index is 13.7. The average molecular weight is 643 g/mol. The number of aryl methyl sites for hydroxylation is 1. The second kappa shape index (κ2) is 10.6. The van der Waals surface area contributed by atoms with Crippen molar-refractivity contribution in [3.63, 3.8) is 0 Å². The number of carbonyl (C=O) groups is 1. The van der Waals surface area contributed by atoms with Crippen LogP contribution in [0.1, 0.15) is 27.0 Å². The predicted molar refractivity (Wildman–Crippen MR) is 158 cm³/mol. The van der Waals surface area contributed by atoms with Crippen LogP contribution in [0.15, 0.2) is 77.7 Å². The molecule has 0 saturated carbocycles. The Morgan fingerprint density at radius 2 is 1.51 bits per heavy atom. The molecule has 0 amide bonds. The number of benzene rings is 4. The molecule has 218 valence electrons. The summed E-state index contributed by atoms with van der Waals surface area (Å²) in [5.41, 5.74) is 2.10. The number of carbonyl (C=O) groups excluding carboxylic acids is 1. The summed E-state index contributed by atoms with van der Waals surface area (Å²) < 4.78 is 87.7. The fourth-order valence-electron chi connectivity index (χ4n) is 4.66. The smallest absolute Gasteiger partial charge is 0.294 e. The van der Waals surface area contributed by atoms with Gasteiger partial charge in [0.2, 0.25) is 0 Å². The molecule has 43 heavy (non-hydrogen) atoms. The lowest BCUT2D eigenvalue weighted by Gasteiger charge is -2.09. The van der Waals surface area contributed by atoms with Gasteiger partial charge in [-0.25, -0.2) is 14.4 Å². The summed E-state index contributed by atoms with van der Waals surface area (Å²) in [6.45, 7) is 1.61. The van der Waals surface area contributed by atoms with Gasteiger partial charge in [-0.15, -0.1) is 22.7 Å². The molecule has 0 bridgehead atoms. The standard InChI is InChI=1S/C30H18F4N2O4S3/c1-15-2-8-23-26(27(15)43(38,39)40)42-29(36-23)18-7-9-22-25(13-18)41-28(35-22)17-5-3-16(4-6-17)10-24(37)19-11-20(30(32,33)34)14-21(31)12-19/h2-9,11-14H,10H2,1H3,(H,38,39,40). The van der Waals surface area contributed by atoms with Gasteiger partial charge in [0, 0.05) is 23.1 Å². The second-order valence-electron chi connectivity index (χ2n) is 9.78. The van der Waals surface area contributed by atoms with E-state index in [0.717, 1.165) is 27.4 Å². The van der Waals surface area contributed by atoms with Gasteiger partial charge in [0.15, 0.2) is 5.78 Å². The molecule has 0 aliphatic carbocycles. The molecule has 1 N–H and O–H groups in total. The third kappa shape index (κ3) is 5.80. The van der Waals surface area contributed by atoms with Gasteiger partial charge in [-0.1, -0.05) is 30.3 Å². The molecule has 0 radical (unpaired) electrons. The molecule has 13 heteroatoms. The number of ketones is 1. The molecule has 0 saturated heterocycles. The van der Waals surface area contributed by atoms with Crippen LogP contribution in [0.25, 0.3) is 41.6 Å². The second-order valence-corrected chi connectivity index (χ2v) is 13.2. The monoisotopic (exact) mass is 642 g/mol. The SMILES string of the molecule is Cc1ccc2nc(-c3ccc4nc(-c5ccc(CC(=O)c6cc(F)cc(C(F)(F)F)c6)cc5)sc4c3)sc2c1S(=O)(=O)O. The van der Waals surface area contributed by atoms with E-state index in [9.17, 15) is 35.3 Å². The molecular formula is C30H18F4N2O4S3. The topological polar surface area (TPSA) is 97.2 Å². The summed E-state index contributed by atoms with van der Waals surface area (Å²) in [6.07, 6.45) is -4.97. The molecule has 6 aromatic rings. The van der Waals surface area contributed by atoms with Gasteiger partial charge in [-0.3, -0.25) is 9.35 Å². The highest BCUT2D eigenvalue weighted by molar-refractivity contribution is 7.86. The maximum absolute atomic E-state index is 13.7. The van der Waals surface area contributed by atoms with Gasteiger partial charge in [-0.2, -0.15) is 21.6 Å². The minimum absolute atomic E-state index is 0.151. The van der Waals surface area contributed by atoms with E-state index in [4.69, 9.17) is 0 Å². The van der Waals surface area contributed by atoms with Crippen LogP contribution < -0.4 is 0 Å². The molecule has 0 unspecified atom stereocenters. The number of alkyl halides is 3. The largest absolute Gasteiger partial charge is 0.416 e. The van der Waals surface area contributed by atoms with Crippen LogP contribution in [-0.2, 0) is 22.7 Å². The van der Waals surface area contributed by atoms with Crippen molar-refractivity contribution in [2.24, 2.45) is 0 Å². The van der Waals surface area contributed by atoms with E-state index in [-0.39, 0.29) is 16.9 Å². The van der Waals surface area contributed by atoms with E-state index in [1.165, 1.54) is 22.7 Å². The number of fused-ring (bicyclic) bond motifs is 2. The lowest BCUT2D eigenvalue weighted by atomic mass is 10.00. The molecule has 6 nitrogen and oxygen atoms in total. The molecule has 0 atom stereocenters. The fourth-order valence-corrected chi connectivity index (χ4v) is 7.98. The Labute approximate surface area is 250 Å². The third-order valence-electron chi connectivity index (χ3n) is 6.71. The normalized spacial score (nSPS) is 12.3. The first-order valence-corrected chi connectivity index (χ1v) is 15.6. The maximum Gasteiger partial charge on any atom is 0.416 e. The van der Waals surface area contributed by atoms with Gasteiger partial charge in [-0.05, 0) is 60.5 Å². The number of hydrogen-bond donors (Lipinski definition) is 1. The molecular weight excluding hydrogens is 625 g/mol. The summed E-state index contributed by atoms with van der Waals surface area (Å²) >= 11 is 2.58. The van der Waals surface area contributed by atoms with Gasteiger partial charge >= 0.3 is 6.18 Å². The molecule has 4 aromatic carbocycles. The van der Waals surface area contributed by atoms with Gasteiger partial charge in [0.25, 0.3) is 10.1 Å². The predicted octanol–water partition coefficient (Wildman–Crippen LogP) is 8.38. The van der Waals surface area contributed by atoms with E-state index < -0.39 is 33.5 Å². The average Bonchev–Trinajstić information content (AvgIpc) is 3.55. The Bertz CT molecular complexity index is 2170. The van der Waals surface area contributed by atoms with Crippen molar-refractivity contribution < 1.29 is 35.3 Å². The first kappa shape index (κ1) is 29.1. The number of rotatable bonds is 6. The van der Waals surface area contributed by atoms with Crippen LogP contribution in [0.5, 0.6) is 0 Å². The van der Waals surface area contributed by atoms with Crippen molar-refractivity contribution >= 4 is 59.0 Å². The summed E-state index contributed by atoms with van der Waals surface area (Å²) in [5.74, 6) is -1.77. The number of aromatic nitrogens is 2. The molecule has 0 aliphatic heterocycles. The van der Waals surface area contributed by atoms with Crippen LogP contribution in [0.2, 0.25) is 0 Å². The molecule has 0 fully saturated rings. The molecule has 2 heterocycles. The Morgan fingerprint density at radius 1 is 0.860 bits per heavy atom. The summed E-state index contributed by atoms with van der Waals surface area (Å²) in [6, 6.07) is 17.5. The highest BCUT2D eigenvalue weighted by Crippen LogP contribution is 2.38. The molecule has 2 aromatic heterocycles. The van der Waals surface area contributed by atoms with Crippen molar-refractivity contribution in [1.82, 2.24) is 9.97 Å². The Balaban J connectivity index is 1.25. The fraction of sp³-hybridized carbons (Fsp3) is 0.100. The molecule has 0 aliphatic rings. The summed E-state index contributed by atoms with van der Waals surface area (Å²) in [5, 5.41) is 1.27. The van der Waals surface area contributed by atoms with E-state index >= 15 is 0 Å². The zero-order valence-electron chi connectivity index (χ0n) is 21.9. The quantitative estimate of drug-likeness (QED) is 0.111. The zero-order chi connectivity index (χ0) is 30.7. The molecule has 6 rings (SSSR count). The Hall–Kier alpha value is -4.04. The van der Waals surface area contributed by atoms with Crippen molar-refractivity contribution in [2.45, 2.75) is 24.4 Å². The first-order valence-electron chi connectivity index (χ1n) is 12.6. The first-order chi connectivity index (χ1) is 20.3. The summed E-state index contributed by atoms with van der Waals surface area (Å²) in [7, 11) is -4.44. The van der Waals surface area contributed by atoms with Gasteiger partial charge in [0.05, 0.1) is 26.0 Å². The van der Waals surface area contributed by atoms with Crippen LogP contribution in [0.3, 0.4) is 0 Å². The minimum Gasteiger partial charge on any atom is -0.294 e. The third-order valence-corrected chi connectivity index (χ3v) is 10.1. The number of halogens is 4. The molecule has 0 spiro atoms. The van der Waals surface area contributed by atoms with Crippen molar-refractivity contribution in [2.75, 3.05) is 0 Å². The number of hydrogen-bond acceptors (Lipinski definition) is 7. The lowest BCUT2D eigenvalue weighted by Crippen LogP contribution is -2.10. The van der Waals surface area contributed by atoms with Crippen molar-refractivity contribution in [1.29, 1.82) is 0 Å². The van der Waals surface area contributed by atoms with Gasteiger partial charge in [0.1, 0.15) is 20.7 Å². The zero-order valence-corrected chi connectivity index (χ0v) is 24.4. The lowest BCUT2D eigenvalue weighted by molar-refractivity contribution is -0.137. The van der Waals surface area contributed by atoms with E-state index in [0.29, 0.717) is 43.5 Å². The van der Waals surface area contributed by atoms with Crippen molar-refractivity contribution in [3.05, 3.63) is 101 Å². The van der Waals surface area contributed by atoms with E-state index in [2.05, 4.69) is 9.97 Å². The van der Waals surface area contributed by atoms with Gasteiger partial charge < -0.3 is 0 Å². The Morgan fingerprint density at radius 3 is 2.21 bits per heavy atom. The summed E-state index contributed by atoms with van der Waals surface area (Å²) in [4.78, 5) is 21.7. The van der Waals surface area contributed by atoms with Crippen LogP contribution in [0, 0.1) is 12.7 Å². The highest BCUT2D eigenvalue weighted by atomic mass is 32.2. The highest BCUT2D eigenvalue weighted by Gasteiger charge is 2.32. The Kier molecular flexibility index (Phi) is 7.16. The van der Waals surface area contributed by atoms with E-state index in [1.54, 1.807) is 43.3 Å².